The molecule has 1 amide bonds. The molecule has 2 N–H and O–H groups in total. The van der Waals surface area contributed by atoms with Crippen LogP contribution in [0.4, 0.5) is 0 Å². The Hall–Kier alpha value is -2.56. The van der Waals surface area contributed by atoms with Gasteiger partial charge in [-0.3, -0.25) is 9.59 Å². The second kappa shape index (κ2) is 5.61. The maximum Gasteiger partial charge on any atom is 0.259 e. The van der Waals surface area contributed by atoms with Gasteiger partial charge in [0.15, 0.2) is 5.43 Å². The molecule has 0 saturated carbocycles. The van der Waals surface area contributed by atoms with E-state index in [1.165, 1.54) is 23.4 Å². The van der Waals surface area contributed by atoms with Gasteiger partial charge in [-0.15, -0.1) is 0 Å². The number of H-pyrrole nitrogens is 1. The van der Waals surface area contributed by atoms with Crippen LogP contribution in [-0.4, -0.2) is 27.9 Å². The maximum absolute atomic E-state index is 12.3. The van der Waals surface area contributed by atoms with Crippen LogP contribution < -0.4 is 5.43 Å². The Morgan fingerprint density at radius 3 is 2.65 bits per heavy atom. The minimum atomic E-state index is -0.386. The van der Waals surface area contributed by atoms with Crippen molar-refractivity contribution in [2.75, 3.05) is 7.05 Å². The van der Waals surface area contributed by atoms with E-state index in [1.807, 2.05) is 0 Å². The largest absolute Gasteiger partial charge is 0.508 e. The Labute approximate surface area is 116 Å². The molecule has 5 nitrogen and oxygen atoms in total. The quantitative estimate of drug-likeness (QED) is 0.896. The number of aromatic hydroxyl groups is 1. The van der Waals surface area contributed by atoms with Crippen LogP contribution in [0.3, 0.4) is 0 Å². The fourth-order valence-electron chi connectivity index (χ4n) is 2.00. The highest BCUT2D eigenvalue weighted by Gasteiger charge is 2.22. The van der Waals surface area contributed by atoms with E-state index in [2.05, 4.69) is 4.98 Å². The number of phenolic OH excluding ortho intramolecular Hbond substituents is 1. The Morgan fingerprint density at radius 2 is 2.00 bits per heavy atom. The minimum absolute atomic E-state index is 0.0808. The van der Waals surface area contributed by atoms with Crippen LogP contribution in [0, 0.1) is 0 Å². The zero-order valence-corrected chi connectivity index (χ0v) is 11.3. The minimum Gasteiger partial charge on any atom is -0.508 e. The first-order valence-corrected chi connectivity index (χ1v) is 6.24. The molecule has 1 unspecified atom stereocenters. The topological polar surface area (TPSA) is 73.4 Å². The van der Waals surface area contributed by atoms with Crippen LogP contribution in [0.2, 0.25) is 0 Å². The number of pyridine rings is 1. The summed E-state index contributed by atoms with van der Waals surface area (Å²) in [7, 11) is 1.60. The molecule has 20 heavy (non-hydrogen) atoms. The molecular weight excluding hydrogens is 256 g/mol. The van der Waals surface area contributed by atoms with Crippen molar-refractivity contribution in [2.45, 2.75) is 13.0 Å². The number of nitrogens with zero attached hydrogens (tertiary/aromatic N) is 1. The van der Waals surface area contributed by atoms with Crippen molar-refractivity contribution in [3.8, 4) is 5.75 Å². The van der Waals surface area contributed by atoms with Crippen molar-refractivity contribution in [1.29, 1.82) is 0 Å². The van der Waals surface area contributed by atoms with Crippen molar-refractivity contribution < 1.29 is 9.90 Å². The summed E-state index contributed by atoms with van der Waals surface area (Å²) >= 11 is 0. The summed E-state index contributed by atoms with van der Waals surface area (Å²) in [5, 5.41) is 9.83. The van der Waals surface area contributed by atoms with Gasteiger partial charge in [0.1, 0.15) is 11.3 Å². The van der Waals surface area contributed by atoms with Crippen molar-refractivity contribution >= 4 is 5.91 Å². The molecule has 0 saturated heterocycles. The first-order chi connectivity index (χ1) is 9.52. The lowest BCUT2D eigenvalue weighted by atomic mass is 10.1. The summed E-state index contributed by atoms with van der Waals surface area (Å²) in [6.45, 7) is 1.80. The summed E-state index contributed by atoms with van der Waals surface area (Å²) < 4.78 is 0. The number of rotatable bonds is 3. The molecule has 0 spiro atoms. The molecule has 0 aliphatic heterocycles. The molecule has 0 aliphatic carbocycles. The van der Waals surface area contributed by atoms with Crippen LogP contribution in [0.5, 0.6) is 5.75 Å². The molecule has 2 rings (SSSR count). The fraction of sp³-hybridized carbons (Fsp3) is 0.200. The lowest BCUT2D eigenvalue weighted by Crippen LogP contribution is -2.33. The van der Waals surface area contributed by atoms with E-state index in [-0.39, 0.29) is 28.7 Å². The molecule has 5 heteroatoms. The monoisotopic (exact) mass is 272 g/mol. The number of para-hydroxylation sites is 1. The number of benzene rings is 1. The normalized spacial score (nSPS) is 11.9. The van der Waals surface area contributed by atoms with Gasteiger partial charge in [-0.1, -0.05) is 18.2 Å². The molecule has 1 aromatic heterocycles. The Morgan fingerprint density at radius 1 is 1.30 bits per heavy atom. The lowest BCUT2D eigenvalue weighted by molar-refractivity contribution is 0.0739. The van der Waals surface area contributed by atoms with Crippen molar-refractivity contribution in [2.24, 2.45) is 0 Å². The zero-order valence-electron chi connectivity index (χ0n) is 11.3. The highest BCUT2D eigenvalue weighted by molar-refractivity contribution is 5.93. The number of hydrogen-bond acceptors (Lipinski definition) is 3. The molecule has 1 heterocycles. The zero-order chi connectivity index (χ0) is 14.7. The predicted octanol–water partition coefficient (Wildman–Crippen LogP) is 1.91. The van der Waals surface area contributed by atoms with E-state index in [0.717, 1.165) is 0 Å². The molecule has 1 atom stereocenters. The summed E-state index contributed by atoms with van der Waals surface area (Å²) in [5.74, 6) is -0.260. The molecule has 104 valence electrons. The molecule has 1 aromatic carbocycles. The van der Waals surface area contributed by atoms with E-state index in [9.17, 15) is 14.7 Å². The Kier molecular flexibility index (Phi) is 3.89. The standard InChI is InChI=1S/C15H16N2O3/c1-10(11-5-3-4-6-13(11)18)17(2)15(20)12-9-16-8-7-14(12)19/h3-10,18H,1-2H3,(H,16,19). The third-order valence-electron chi connectivity index (χ3n) is 3.34. The highest BCUT2D eigenvalue weighted by Crippen LogP contribution is 2.27. The van der Waals surface area contributed by atoms with Gasteiger partial charge in [0, 0.05) is 31.1 Å². The van der Waals surface area contributed by atoms with Gasteiger partial charge in [0.25, 0.3) is 5.91 Å². The first kappa shape index (κ1) is 13.9. The molecule has 0 bridgehead atoms. The number of hydrogen-bond donors (Lipinski definition) is 2. The van der Waals surface area contributed by atoms with Crippen LogP contribution in [0.15, 0.2) is 47.5 Å². The molecule has 0 fully saturated rings. The van der Waals surface area contributed by atoms with E-state index in [1.54, 1.807) is 38.2 Å². The number of amides is 1. The van der Waals surface area contributed by atoms with Crippen molar-refractivity contribution in [3.05, 3.63) is 64.1 Å². The maximum atomic E-state index is 12.3. The van der Waals surface area contributed by atoms with E-state index >= 15 is 0 Å². The van der Waals surface area contributed by atoms with E-state index in [0.29, 0.717) is 5.56 Å². The number of carbonyl (C=O) groups excluding carboxylic acids is 1. The molecule has 0 aliphatic rings. The van der Waals surface area contributed by atoms with Gasteiger partial charge in [0.2, 0.25) is 0 Å². The Bertz CT molecular complexity index is 679. The summed E-state index contributed by atoms with van der Waals surface area (Å²) in [6, 6.07) is 7.79. The fourth-order valence-corrected chi connectivity index (χ4v) is 2.00. The van der Waals surface area contributed by atoms with Crippen LogP contribution >= 0.6 is 0 Å². The summed E-state index contributed by atoms with van der Waals surface area (Å²) in [5.41, 5.74) is 0.387. The van der Waals surface area contributed by atoms with Crippen LogP contribution in [-0.2, 0) is 0 Å². The molecule has 2 aromatic rings. The predicted molar refractivity (Wildman–Crippen MR) is 75.7 cm³/mol. The van der Waals surface area contributed by atoms with Crippen LogP contribution in [0.25, 0.3) is 0 Å². The van der Waals surface area contributed by atoms with E-state index in [4.69, 9.17) is 0 Å². The summed E-state index contributed by atoms with van der Waals surface area (Å²) in [6.07, 6.45) is 2.87. The van der Waals surface area contributed by atoms with Crippen molar-refractivity contribution in [3.63, 3.8) is 0 Å². The second-order valence-corrected chi connectivity index (χ2v) is 4.57. The van der Waals surface area contributed by atoms with Crippen LogP contribution in [0.1, 0.15) is 28.9 Å². The molecule has 0 radical (unpaired) electrons. The van der Waals surface area contributed by atoms with Gasteiger partial charge >= 0.3 is 0 Å². The smallest absolute Gasteiger partial charge is 0.259 e. The van der Waals surface area contributed by atoms with Gasteiger partial charge in [-0.25, -0.2) is 0 Å². The number of aromatic amines is 1. The van der Waals surface area contributed by atoms with Gasteiger partial charge < -0.3 is 15.0 Å². The number of nitrogens with one attached hydrogen (secondary N) is 1. The lowest BCUT2D eigenvalue weighted by Gasteiger charge is -2.25. The molecular formula is C15H16N2O3. The summed E-state index contributed by atoms with van der Waals surface area (Å²) in [4.78, 5) is 28.2. The third kappa shape index (κ3) is 2.56. The third-order valence-corrected chi connectivity index (χ3v) is 3.34. The second-order valence-electron chi connectivity index (χ2n) is 4.57. The number of carbonyl (C=O) groups is 1. The van der Waals surface area contributed by atoms with E-state index < -0.39 is 0 Å². The Balaban J connectivity index is 2.30. The van der Waals surface area contributed by atoms with Crippen molar-refractivity contribution in [1.82, 2.24) is 9.88 Å². The van der Waals surface area contributed by atoms with Gasteiger partial charge in [-0.2, -0.15) is 0 Å². The van der Waals surface area contributed by atoms with Gasteiger partial charge in [0.05, 0.1) is 6.04 Å². The van der Waals surface area contributed by atoms with Gasteiger partial charge in [-0.05, 0) is 13.0 Å². The highest BCUT2D eigenvalue weighted by atomic mass is 16.3. The average molecular weight is 272 g/mol. The first-order valence-electron chi connectivity index (χ1n) is 6.24. The number of phenols is 1. The SMILES string of the molecule is CC(c1ccccc1O)N(C)C(=O)c1c[nH]ccc1=O. The number of aromatic nitrogens is 1. The average Bonchev–Trinajstić information content (AvgIpc) is 2.46.